The van der Waals surface area contributed by atoms with Crippen molar-refractivity contribution in [2.24, 2.45) is 0 Å². The molecule has 0 atom stereocenters. The summed E-state index contributed by atoms with van der Waals surface area (Å²) in [5.41, 5.74) is 6.52. The van der Waals surface area contributed by atoms with Gasteiger partial charge in [-0.25, -0.2) is 4.63 Å². The fourth-order valence-electron chi connectivity index (χ4n) is 3.56. The molecule has 0 spiro atoms. The van der Waals surface area contributed by atoms with Gasteiger partial charge in [0.15, 0.2) is 0 Å². The van der Waals surface area contributed by atoms with Crippen molar-refractivity contribution >= 4 is 44.6 Å². The molecule has 0 saturated heterocycles. The summed E-state index contributed by atoms with van der Waals surface area (Å²) in [7, 11) is 0. The Labute approximate surface area is 155 Å². The van der Waals surface area contributed by atoms with Crippen LogP contribution in [0.3, 0.4) is 0 Å². The highest BCUT2D eigenvalue weighted by Gasteiger charge is 2.23. The second kappa shape index (κ2) is 6.79. The van der Waals surface area contributed by atoms with Crippen molar-refractivity contribution in [1.82, 2.24) is 19.1 Å². The molecule has 2 aromatic carbocycles. The largest absolute Gasteiger partial charge is 0.492 e. The Morgan fingerprint density at radius 3 is 2.38 bits per heavy atom. The molecule has 2 heterocycles. The van der Waals surface area contributed by atoms with Crippen LogP contribution in [0.4, 0.5) is 0 Å². The zero-order valence-corrected chi connectivity index (χ0v) is 16.4. The minimum atomic E-state index is 0.679. The number of fused-ring (bicyclic) bond motifs is 5. The molecule has 26 heavy (non-hydrogen) atoms. The first-order valence-corrected chi connectivity index (χ1v) is 9.80. The number of hydrogen-bond donors (Lipinski definition) is 0. The number of aryl methyl sites for hydroxylation is 3. The lowest BCUT2D eigenvalue weighted by Gasteiger charge is -2.15. The lowest BCUT2D eigenvalue weighted by atomic mass is 9.95. The van der Waals surface area contributed by atoms with Crippen LogP contribution in [-0.4, -0.2) is 25.7 Å². The van der Waals surface area contributed by atoms with Crippen molar-refractivity contribution in [1.29, 1.82) is 0 Å². The first-order chi connectivity index (χ1) is 12.6. The van der Waals surface area contributed by atoms with Gasteiger partial charge in [-0.3, -0.25) is 0 Å². The van der Waals surface area contributed by atoms with E-state index in [0.717, 1.165) is 61.7 Å². The standard InChI is InChI=1S/C19H22N4O2S/c1-5-6-7-8-9-24-19-12(4)15-17(21-25-20-15)13-10(2)11(3)16-18(14(13)19)23-26-22-16/h5-9H2,1-4H3. The lowest BCUT2D eigenvalue weighted by molar-refractivity contribution is 0.306. The van der Waals surface area contributed by atoms with E-state index < -0.39 is 0 Å². The van der Waals surface area contributed by atoms with E-state index in [-0.39, 0.29) is 0 Å². The summed E-state index contributed by atoms with van der Waals surface area (Å²) in [5.74, 6) is 0.834. The van der Waals surface area contributed by atoms with Crippen LogP contribution in [0.5, 0.6) is 5.75 Å². The van der Waals surface area contributed by atoms with Gasteiger partial charge in [0.05, 0.1) is 23.7 Å². The summed E-state index contributed by atoms with van der Waals surface area (Å²) in [6.07, 6.45) is 4.65. The SMILES string of the molecule is CCCCCCOc1c(C)c2nonc2c2c(C)c(C)c3nsnc3c12. The molecule has 0 N–H and O–H groups in total. The van der Waals surface area contributed by atoms with Gasteiger partial charge >= 0.3 is 0 Å². The zero-order valence-electron chi connectivity index (χ0n) is 15.5. The molecule has 7 heteroatoms. The van der Waals surface area contributed by atoms with E-state index >= 15 is 0 Å². The normalized spacial score (nSPS) is 11.8. The Hall–Kier alpha value is -2.28. The second-order valence-electron chi connectivity index (χ2n) is 6.79. The molecule has 0 aliphatic carbocycles. The van der Waals surface area contributed by atoms with Crippen LogP contribution in [0.15, 0.2) is 4.63 Å². The molecule has 0 radical (unpaired) electrons. The molecule has 0 saturated carbocycles. The summed E-state index contributed by atoms with van der Waals surface area (Å²) in [6.45, 7) is 9.06. The first-order valence-electron chi connectivity index (χ1n) is 9.07. The van der Waals surface area contributed by atoms with Crippen molar-refractivity contribution in [3.63, 3.8) is 0 Å². The van der Waals surface area contributed by atoms with Gasteiger partial charge in [0.1, 0.15) is 27.8 Å². The van der Waals surface area contributed by atoms with Gasteiger partial charge in [-0.05, 0) is 48.6 Å². The van der Waals surface area contributed by atoms with E-state index in [1.54, 1.807) is 0 Å². The molecule has 2 aromatic heterocycles. The lowest BCUT2D eigenvalue weighted by Crippen LogP contribution is -2.02. The number of unbranched alkanes of at least 4 members (excludes halogenated alkanes) is 3. The molecule has 0 amide bonds. The minimum absolute atomic E-state index is 0.679. The summed E-state index contributed by atoms with van der Waals surface area (Å²) in [4.78, 5) is 0. The molecule has 0 aliphatic heterocycles. The van der Waals surface area contributed by atoms with Crippen LogP contribution in [0.25, 0.3) is 32.8 Å². The number of rotatable bonds is 6. The van der Waals surface area contributed by atoms with Crippen LogP contribution in [0.2, 0.25) is 0 Å². The fraction of sp³-hybridized carbons (Fsp3) is 0.474. The second-order valence-corrected chi connectivity index (χ2v) is 7.31. The average Bonchev–Trinajstić information content (AvgIpc) is 3.30. The third-order valence-corrected chi connectivity index (χ3v) is 5.69. The third-order valence-electron chi connectivity index (χ3n) is 5.16. The van der Waals surface area contributed by atoms with Crippen molar-refractivity contribution in [2.45, 2.75) is 53.4 Å². The quantitative estimate of drug-likeness (QED) is 0.431. The average molecular weight is 370 g/mol. The van der Waals surface area contributed by atoms with E-state index in [4.69, 9.17) is 9.37 Å². The number of nitrogens with zero attached hydrogens (tertiary/aromatic N) is 4. The van der Waals surface area contributed by atoms with Crippen LogP contribution in [0.1, 0.15) is 49.3 Å². The van der Waals surface area contributed by atoms with Crippen LogP contribution >= 0.6 is 11.7 Å². The summed E-state index contributed by atoms with van der Waals surface area (Å²) in [6, 6.07) is 0. The van der Waals surface area contributed by atoms with E-state index in [2.05, 4.69) is 39.8 Å². The van der Waals surface area contributed by atoms with Crippen molar-refractivity contribution < 1.29 is 9.37 Å². The van der Waals surface area contributed by atoms with Gasteiger partial charge in [0.25, 0.3) is 0 Å². The van der Waals surface area contributed by atoms with Gasteiger partial charge in [-0.15, -0.1) is 0 Å². The molecule has 0 aliphatic rings. The van der Waals surface area contributed by atoms with Gasteiger partial charge in [-0.2, -0.15) is 8.75 Å². The van der Waals surface area contributed by atoms with Crippen LogP contribution in [0, 0.1) is 20.8 Å². The van der Waals surface area contributed by atoms with Gasteiger partial charge in [0.2, 0.25) is 0 Å². The number of hydrogen-bond acceptors (Lipinski definition) is 7. The maximum Gasteiger partial charge on any atom is 0.143 e. The molecule has 0 bridgehead atoms. The van der Waals surface area contributed by atoms with E-state index in [1.165, 1.54) is 31.0 Å². The molecule has 136 valence electrons. The fourth-order valence-corrected chi connectivity index (χ4v) is 4.17. The molecule has 4 rings (SSSR count). The Kier molecular flexibility index (Phi) is 4.48. The highest BCUT2D eigenvalue weighted by molar-refractivity contribution is 7.00. The summed E-state index contributed by atoms with van der Waals surface area (Å²) >= 11 is 1.23. The highest BCUT2D eigenvalue weighted by atomic mass is 32.1. The van der Waals surface area contributed by atoms with Crippen molar-refractivity contribution in [3.8, 4) is 5.75 Å². The smallest absolute Gasteiger partial charge is 0.143 e. The van der Waals surface area contributed by atoms with E-state index in [1.807, 2.05) is 6.92 Å². The van der Waals surface area contributed by atoms with Crippen molar-refractivity contribution in [3.05, 3.63) is 16.7 Å². The maximum atomic E-state index is 6.27. The van der Waals surface area contributed by atoms with E-state index in [9.17, 15) is 0 Å². The maximum absolute atomic E-state index is 6.27. The zero-order chi connectivity index (χ0) is 18.3. The predicted molar refractivity (Wildman–Crippen MR) is 104 cm³/mol. The van der Waals surface area contributed by atoms with Crippen LogP contribution in [-0.2, 0) is 0 Å². The molecule has 6 nitrogen and oxygen atoms in total. The molecular weight excluding hydrogens is 348 g/mol. The first kappa shape index (κ1) is 17.1. The molecule has 4 aromatic rings. The number of aromatic nitrogens is 4. The summed E-state index contributed by atoms with van der Waals surface area (Å²) < 4.78 is 20.4. The molecular formula is C19H22N4O2S. The van der Waals surface area contributed by atoms with Crippen molar-refractivity contribution in [2.75, 3.05) is 6.61 Å². The predicted octanol–water partition coefficient (Wildman–Crippen LogP) is 5.27. The number of benzene rings is 2. The van der Waals surface area contributed by atoms with E-state index in [0.29, 0.717) is 6.61 Å². The topological polar surface area (TPSA) is 73.9 Å². The third kappa shape index (κ3) is 2.53. The Morgan fingerprint density at radius 2 is 1.58 bits per heavy atom. The van der Waals surface area contributed by atoms with Gasteiger partial charge < -0.3 is 4.74 Å². The highest BCUT2D eigenvalue weighted by Crippen LogP contribution is 2.43. The molecule has 0 fully saturated rings. The van der Waals surface area contributed by atoms with Crippen LogP contribution < -0.4 is 4.74 Å². The van der Waals surface area contributed by atoms with Gasteiger partial charge in [0, 0.05) is 10.9 Å². The summed E-state index contributed by atoms with van der Waals surface area (Å²) in [5, 5.41) is 10.3. The van der Waals surface area contributed by atoms with Gasteiger partial charge in [-0.1, -0.05) is 26.2 Å². The minimum Gasteiger partial charge on any atom is -0.492 e. The monoisotopic (exact) mass is 370 g/mol. The molecule has 0 unspecified atom stereocenters. The Morgan fingerprint density at radius 1 is 0.808 bits per heavy atom. The number of ether oxygens (including phenoxy) is 1. The Bertz CT molecular complexity index is 1100. The Balaban J connectivity index is 1.97.